The molecule has 0 fully saturated rings. The van der Waals surface area contributed by atoms with E-state index in [1.807, 2.05) is 23.8 Å². The molecule has 0 aliphatic rings. The third kappa shape index (κ3) is 2.31. The Morgan fingerprint density at radius 2 is 1.85 bits per heavy atom. The van der Waals surface area contributed by atoms with Crippen LogP contribution in [0.25, 0.3) is 16.9 Å². The summed E-state index contributed by atoms with van der Waals surface area (Å²) < 4.78 is 6.12. The molecule has 0 N–H and O–H groups in total. The van der Waals surface area contributed by atoms with Crippen molar-refractivity contribution in [1.29, 1.82) is 0 Å². The average molecular weight is 392 g/mol. The van der Waals surface area contributed by atoms with E-state index in [0.29, 0.717) is 33.5 Å². The molecule has 4 rings (SSSR count). The molecule has 0 saturated heterocycles. The molecule has 0 spiro atoms. The molecule has 0 aliphatic heterocycles. The standard InChI is InChI=1S/C17H15Cl2N5O2/c1-9-7-24-13-14(21(2)17(26)22(3)15(13)25)20-16(24)23(9)8-10-4-5-11(18)6-12(10)19/h4-7H,8H2,1-3H3. The van der Waals surface area contributed by atoms with Crippen LogP contribution >= 0.6 is 23.2 Å². The second kappa shape index (κ2) is 5.75. The number of hydrogen-bond acceptors (Lipinski definition) is 3. The third-order valence-electron chi connectivity index (χ3n) is 4.60. The summed E-state index contributed by atoms with van der Waals surface area (Å²) in [4.78, 5) is 29.3. The molecule has 1 aromatic carbocycles. The van der Waals surface area contributed by atoms with Crippen molar-refractivity contribution >= 4 is 40.1 Å². The lowest BCUT2D eigenvalue weighted by Crippen LogP contribution is -2.37. The lowest BCUT2D eigenvalue weighted by atomic mass is 10.2. The molecule has 3 heterocycles. The molecule has 26 heavy (non-hydrogen) atoms. The van der Waals surface area contributed by atoms with E-state index in [-0.39, 0.29) is 5.56 Å². The Hall–Kier alpha value is -2.51. The highest BCUT2D eigenvalue weighted by Crippen LogP contribution is 2.24. The monoisotopic (exact) mass is 391 g/mol. The van der Waals surface area contributed by atoms with Gasteiger partial charge in [-0.15, -0.1) is 0 Å². The van der Waals surface area contributed by atoms with Crippen molar-refractivity contribution in [3.8, 4) is 0 Å². The minimum atomic E-state index is -0.410. The third-order valence-corrected chi connectivity index (χ3v) is 5.19. The minimum Gasteiger partial charge on any atom is -0.310 e. The van der Waals surface area contributed by atoms with Crippen LogP contribution in [0, 0.1) is 6.92 Å². The Morgan fingerprint density at radius 1 is 1.12 bits per heavy atom. The van der Waals surface area contributed by atoms with E-state index in [1.165, 1.54) is 11.6 Å². The summed E-state index contributed by atoms with van der Waals surface area (Å²) in [6.45, 7) is 2.40. The number of halogens is 2. The van der Waals surface area contributed by atoms with Gasteiger partial charge < -0.3 is 4.57 Å². The van der Waals surface area contributed by atoms with Crippen LogP contribution in [0.5, 0.6) is 0 Å². The molecule has 0 radical (unpaired) electrons. The zero-order valence-corrected chi connectivity index (χ0v) is 15.8. The Morgan fingerprint density at radius 3 is 2.54 bits per heavy atom. The maximum Gasteiger partial charge on any atom is 0.332 e. The molecule has 0 unspecified atom stereocenters. The Kier molecular flexibility index (Phi) is 3.75. The van der Waals surface area contributed by atoms with Gasteiger partial charge in [-0.2, -0.15) is 4.98 Å². The van der Waals surface area contributed by atoms with Crippen molar-refractivity contribution in [1.82, 2.24) is 23.1 Å². The second-order valence-corrected chi connectivity index (χ2v) is 7.10. The fourth-order valence-corrected chi connectivity index (χ4v) is 3.61. The van der Waals surface area contributed by atoms with Gasteiger partial charge in [0, 0.05) is 36.0 Å². The lowest BCUT2D eigenvalue weighted by Gasteiger charge is -2.08. The molecule has 9 heteroatoms. The zero-order chi connectivity index (χ0) is 18.7. The highest BCUT2D eigenvalue weighted by Gasteiger charge is 2.19. The number of aromatic nitrogens is 5. The minimum absolute atomic E-state index is 0.351. The molecule has 3 aromatic heterocycles. The average Bonchev–Trinajstić information content (AvgIpc) is 3.09. The van der Waals surface area contributed by atoms with Gasteiger partial charge in [-0.1, -0.05) is 29.3 Å². The number of nitrogens with zero attached hydrogens (tertiary/aromatic N) is 5. The molecule has 7 nitrogen and oxygen atoms in total. The summed E-state index contributed by atoms with van der Waals surface area (Å²) in [5, 5.41) is 1.13. The van der Waals surface area contributed by atoms with E-state index in [4.69, 9.17) is 23.2 Å². The van der Waals surface area contributed by atoms with Crippen LogP contribution in [-0.2, 0) is 20.6 Å². The summed E-state index contributed by atoms with van der Waals surface area (Å²) in [5.41, 5.74) is 1.73. The van der Waals surface area contributed by atoms with Gasteiger partial charge in [0.05, 0.1) is 6.54 Å². The normalized spacial score (nSPS) is 11.7. The number of hydrogen-bond donors (Lipinski definition) is 0. The van der Waals surface area contributed by atoms with Gasteiger partial charge in [0.15, 0.2) is 11.2 Å². The van der Waals surface area contributed by atoms with Gasteiger partial charge >= 0.3 is 5.69 Å². The molecular weight excluding hydrogens is 377 g/mol. The fourth-order valence-electron chi connectivity index (χ4n) is 3.15. The van der Waals surface area contributed by atoms with Crippen LogP contribution in [0.3, 0.4) is 0 Å². The first-order chi connectivity index (χ1) is 12.3. The van der Waals surface area contributed by atoms with Crippen molar-refractivity contribution in [2.45, 2.75) is 13.5 Å². The van der Waals surface area contributed by atoms with Crippen molar-refractivity contribution in [2.75, 3.05) is 0 Å². The summed E-state index contributed by atoms with van der Waals surface area (Å²) in [6.07, 6.45) is 1.83. The number of fused-ring (bicyclic) bond motifs is 3. The Bertz CT molecular complexity index is 1310. The highest BCUT2D eigenvalue weighted by molar-refractivity contribution is 6.35. The first-order valence-corrected chi connectivity index (χ1v) is 8.63. The molecule has 4 aromatic rings. The fraction of sp³-hybridized carbons (Fsp3) is 0.235. The van der Waals surface area contributed by atoms with Crippen LogP contribution in [-0.4, -0.2) is 23.1 Å². The maximum absolute atomic E-state index is 12.6. The predicted molar refractivity (Wildman–Crippen MR) is 101 cm³/mol. The van der Waals surface area contributed by atoms with Gasteiger partial charge in [0.1, 0.15) is 0 Å². The first kappa shape index (κ1) is 16.9. The van der Waals surface area contributed by atoms with Crippen LogP contribution in [0.15, 0.2) is 34.0 Å². The Balaban J connectivity index is 2.01. The lowest BCUT2D eigenvalue weighted by molar-refractivity contribution is 0.707. The van der Waals surface area contributed by atoms with Gasteiger partial charge in [0.2, 0.25) is 5.78 Å². The molecule has 0 bridgehead atoms. The summed E-state index contributed by atoms with van der Waals surface area (Å²) in [5.74, 6) is 0.571. The van der Waals surface area contributed by atoms with Gasteiger partial charge in [0.25, 0.3) is 5.56 Å². The van der Waals surface area contributed by atoms with Crippen LogP contribution in [0.2, 0.25) is 10.0 Å². The molecule has 0 amide bonds. The van der Waals surface area contributed by atoms with Crippen molar-refractivity contribution < 1.29 is 0 Å². The smallest absolute Gasteiger partial charge is 0.310 e. The molecule has 0 atom stereocenters. The van der Waals surface area contributed by atoms with Crippen LogP contribution < -0.4 is 11.2 Å². The van der Waals surface area contributed by atoms with Crippen molar-refractivity contribution in [3.05, 3.63) is 66.5 Å². The zero-order valence-electron chi connectivity index (χ0n) is 14.3. The SMILES string of the molecule is Cc1cn2c3c(=O)n(C)c(=O)n(C)c3nc2n1Cc1ccc(Cl)cc1Cl. The van der Waals surface area contributed by atoms with Crippen LogP contribution in [0.4, 0.5) is 0 Å². The number of rotatable bonds is 2. The summed E-state index contributed by atoms with van der Waals surface area (Å²) in [6, 6.07) is 5.33. The molecule has 0 saturated carbocycles. The van der Waals surface area contributed by atoms with E-state index < -0.39 is 5.69 Å². The first-order valence-electron chi connectivity index (χ1n) is 7.87. The highest BCUT2D eigenvalue weighted by atomic mass is 35.5. The summed E-state index contributed by atoms with van der Waals surface area (Å²) >= 11 is 12.3. The maximum atomic E-state index is 12.6. The summed E-state index contributed by atoms with van der Waals surface area (Å²) in [7, 11) is 3.06. The predicted octanol–water partition coefficient (Wildman–Crippen LogP) is 2.35. The Labute approximate surface area is 157 Å². The van der Waals surface area contributed by atoms with Gasteiger partial charge in [-0.25, -0.2) is 4.79 Å². The molecule has 0 aliphatic carbocycles. The van der Waals surface area contributed by atoms with Crippen LogP contribution in [0.1, 0.15) is 11.3 Å². The molecule has 134 valence electrons. The van der Waals surface area contributed by atoms with Gasteiger partial charge in [-0.3, -0.25) is 18.3 Å². The number of benzene rings is 1. The van der Waals surface area contributed by atoms with Gasteiger partial charge in [-0.05, 0) is 24.6 Å². The largest absolute Gasteiger partial charge is 0.332 e. The number of imidazole rings is 2. The van der Waals surface area contributed by atoms with E-state index in [0.717, 1.165) is 15.8 Å². The topological polar surface area (TPSA) is 66.2 Å². The quantitative estimate of drug-likeness (QED) is 0.526. The van der Waals surface area contributed by atoms with Crippen molar-refractivity contribution in [2.24, 2.45) is 14.1 Å². The molecular formula is C17H15Cl2N5O2. The van der Waals surface area contributed by atoms with E-state index >= 15 is 0 Å². The van der Waals surface area contributed by atoms with E-state index in [9.17, 15) is 9.59 Å². The van der Waals surface area contributed by atoms with Crippen molar-refractivity contribution in [3.63, 3.8) is 0 Å². The van der Waals surface area contributed by atoms with E-state index in [1.54, 1.807) is 23.6 Å². The second-order valence-electron chi connectivity index (χ2n) is 6.25. The number of aryl methyl sites for hydroxylation is 2. The van der Waals surface area contributed by atoms with E-state index in [2.05, 4.69) is 4.98 Å².